The summed E-state index contributed by atoms with van der Waals surface area (Å²) in [4.78, 5) is 0. The SMILES string of the molecule is CC1C2=C(CC=C2)C2CCC(C(C)(C)C)C12. The normalized spacial score (nSPS) is 41.8. The first kappa shape index (κ1) is 10.6. The average molecular weight is 216 g/mol. The van der Waals surface area contributed by atoms with Crippen LogP contribution in [0.2, 0.25) is 0 Å². The third kappa shape index (κ3) is 1.28. The van der Waals surface area contributed by atoms with Gasteiger partial charge in [0.25, 0.3) is 0 Å². The van der Waals surface area contributed by atoms with E-state index < -0.39 is 0 Å². The molecule has 88 valence electrons. The van der Waals surface area contributed by atoms with E-state index in [9.17, 15) is 0 Å². The lowest BCUT2D eigenvalue weighted by atomic mass is 9.70. The van der Waals surface area contributed by atoms with Crippen LogP contribution in [-0.2, 0) is 0 Å². The fourth-order valence-electron chi connectivity index (χ4n) is 4.69. The Morgan fingerprint density at radius 1 is 1.19 bits per heavy atom. The minimum Gasteiger partial charge on any atom is -0.0802 e. The molecule has 0 nitrogen and oxygen atoms in total. The van der Waals surface area contributed by atoms with Gasteiger partial charge < -0.3 is 0 Å². The van der Waals surface area contributed by atoms with Crippen molar-refractivity contribution in [1.29, 1.82) is 0 Å². The molecule has 0 amide bonds. The van der Waals surface area contributed by atoms with E-state index >= 15 is 0 Å². The molecule has 3 aliphatic carbocycles. The van der Waals surface area contributed by atoms with E-state index in [0.717, 1.165) is 23.7 Å². The maximum atomic E-state index is 2.47. The van der Waals surface area contributed by atoms with Gasteiger partial charge in [-0.1, -0.05) is 45.4 Å². The fourth-order valence-corrected chi connectivity index (χ4v) is 4.69. The first-order valence-electron chi connectivity index (χ1n) is 6.89. The summed E-state index contributed by atoms with van der Waals surface area (Å²) in [7, 11) is 0. The number of allylic oxidation sites excluding steroid dienone is 4. The van der Waals surface area contributed by atoms with Gasteiger partial charge in [0, 0.05) is 0 Å². The summed E-state index contributed by atoms with van der Waals surface area (Å²) >= 11 is 0. The van der Waals surface area contributed by atoms with Crippen molar-refractivity contribution in [3.63, 3.8) is 0 Å². The van der Waals surface area contributed by atoms with Crippen LogP contribution in [-0.4, -0.2) is 0 Å². The summed E-state index contributed by atoms with van der Waals surface area (Å²) in [6.45, 7) is 9.78. The molecule has 16 heavy (non-hydrogen) atoms. The lowest BCUT2D eigenvalue weighted by Gasteiger charge is -2.35. The van der Waals surface area contributed by atoms with Gasteiger partial charge in [0.1, 0.15) is 0 Å². The lowest BCUT2D eigenvalue weighted by molar-refractivity contribution is 0.151. The molecule has 4 unspecified atom stereocenters. The van der Waals surface area contributed by atoms with Gasteiger partial charge in [-0.3, -0.25) is 0 Å². The van der Waals surface area contributed by atoms with Crippen LogP contribution >= 0.6 is 0 Å². The van der Waals surface area contributed by atoms with Crippen LogP contribution < -0.4 is 0 Å². The third-order valence-corrected chi connectivity index (χ3v) is 5.35. The van der Waals surface area contributed by atoms with Gasteiger partial charge in [-0.2, -0.15) is 0 Å². The van der Waals surface area contributed by atoms with Gasteiger partial charge in [-0.05, 0) is 53.9 Å². The molecule has 1 fully saturated rings. The van der Waals surface area contributed by atoms with E-state index in [-0.39, 0.29) is 0 Å². The Morgan fingerprint density at radius 3 is 2.62 bits per heavy atom. The van der Waals surface area contributed by atoms with Crippen molar-refractivity contribution < 1.29 is 0 Å². The average Bonchev–Trinajstić information content (AvgIpc) is 2.83. The number of hydrogen-bond acceptors (Lipinski definition) is 0. The zero-order chi connectivity index (χ0) is 11.5. The highest BCUT2D eigenvalue weighted by molar-refractivity contribution is 5.43. The molecule has 0 heteroatoms. The Morgan fingerprint density at radius 2 is 1.94 bits per heavy atom. The summed E-state index contributed by atoms with van der Waals surface area (Å²) in [5, 5.41) is 0. The molecule has 0 aromatic heterocycles. The molecular formula is C16H24. The van der Waals surface area contributed by atoms with Crippen LogP contribution in [0.4, 0.5) is 0 Å². The first-order chi connectivity index (χ1) is 7.50. The van der Waals surface area contributed by atoms with Crippen LogP contribution in [0.1, 0.15) is 47.0 Å². The predicted molar refractivity (Wildman–Crippen MR) is 69.1 cm³/mol. The van der Waals surface area contributed by atoms with Crippen molar-refractivity contribution in [3.05, 3.63) is 23.3 Å². The van der Waals surface area contributed by atoms with Gasteiger partial charge in [-0.15, -0.1) is 0 Å². The Balaban J connectivity index is 1.93. The Hall–Kier alpha value is -0.520. The smallest absolute Gasteiger partial charge is 0.0127 e. The number of hydrogen-bond donors (Lipinski definition) is 0. The first-order valence-corrected chi connectivity index (χ1v) is 6.89. The monoisotopic (exact) mass is 216 g/mol. The van der Waals surface area contributed by atoms with Crippen LogP contribution in [0.25, 0.3) is 0 Å². The standard InChI is InChI=1S/C16H24/c1-10-11-6-5-7-12(11)13-8-9-14(15(10)13)16(2,3)4/h5-6,10,13-15H,7-9H2,1-4H3. The molecule has 4 atom stereocenters. The molecule has 0 aromatic rings. The largest absolute Gasteiger partial charge is 0.0802 e. The topological polar surface area (TPSA) is 0 Å². The van der Waals surface area contributed by atoms with E-state index in [4.69, 9.17) is 0 Å². The molecule has 1 saturated carbocycles. The van der Waals surface area contributed by atoms with E-state index in [2.05, 4.69) is 39.8 Å². The van der Waals surface area contributed by atoms with Crippen molar-refractivity contribution >= 4 is 0 Å². The van der Waals surface area contributed by atoms with Crippen LogP contribution in [0.3, 0.4) is 0 Å². The predicted octanol–water partition coefficient (Wildman–Crippen LogP) is 4.58. The highest BCUT2D eigenvalue weighted by Crippen LogP contribution is 2.59. The molecule has 0 bridgehead atoms. The van der Waals surface area contributed by atoms with Gasteiger partial charge in [0.2, 0.25) is 0 Å². The van der Waals surface area contributed by atoms with E-state index in [1.807, 2.05) is 5.57 Å². The number of fused-ring (bicyclic) bond motifs is 2. The van der Waals surface area contributed by atoms with Gasteiger partial charge >= 0.3 is 0 Å². The minimum absolute atomic E-state index is 0.497. The van der Waals surface area contributed by atoms with Gasteiger partial charge in [0.05, 0.1) is 0 Å². The second-order valence-electron chi connectivity index (χ2n) is 7.11. The molecule has 0 saturated heterocycles. The molecule has 0 aliphatic heterocycles. The summed E-state index contributed by atoms with van der Waals surface area (Å²) in [5.74, 6) is 3.65. The molecule has 0 radical (unpaired) electrons. The summed E-state index contributed by atoms with van der Waals surface area (Å²) in [5.41, 5.74) is 4.02. The van der Waals surface area contributed by atoms with Crippen LogP contribution in [0, 0.1) is 29.1 Å². The van der Waals surface area contributed by atoms with Crippen LogP contribution in [0.15, 0.2) is 23.3 Å². The molecule has 0 N–H and O–H groups in total. The fraction of sp³-hybridized carbons (Fsp3) is 0.750. The molecule has 0 spiro atoms. The summed E-state index contributed by atoms with van der Waals surface area (Å²) in [6.07, 6.45) is 8.97. The number of rotatable bonds is 0. The molecule has 3 aliphatic rings. The summed E-state index contributed by atoms with van der Waals surface area (Å²) < 4.78 is 0. The van der Waals surface area contributed by atoms with E-state index in [0.29, 0.717) is 5.41 Å². The molecule has 3 rings (SSSR count). The van der Waals surface area contributed by atoms with Gasteiger partial charge in [-0.25, -0.2) is 0 Å². The van der Waals surface area contributed by atoms with E-state index in [1.165, 1.54) is 19.3 Å². The van der Waals surface area contributed by atoms with Crippen molar-refractivity contribution in [2.75, 3.05) is 0 Å². The van der Waals surface area contributed by atoms with Crippen LogP contribution in [0.5, 0.6) is 0 Å². The molecular weight excluding hydrogens is 192 g/mol. The third-order valence-electron chi connectivity index (χ3n) is 5.35. The maximum absolute atomic E-state index is 2.47. The second-order valence-corrected chi connectivity index (χ2v) is 7.11. The molecule has 0 aromatic carbocycles. The Labute approximate surface area is 99.8 Å². The second kappa shape index (κ2) is 3.24. The zero-order valence-electron chi connectivity index (χ0n) is 11.1. The molecule has 0 heterocycles. The van der Waals surface area contributed by atoms with Crippen molar-refractivity contribution in [1.82, 2.24) is 0 Å². The summed E-state index contributed by atoms with van der Waals surface area (Å²) in [6, 6.07) is 0. The van der Waals surface area contributed by atoms with Crippen molar-refractivity contribution in [2.24, 2.45) is 29.1 Å². The highest BCUT2D eigenvalue weighted by atomic mass is 14.5. The Kier molecular flexibility index (Phi) is 2.15. The quantitative estimate of drug-likeness (QED) is 0.556. The van der Waals surface area contributed by atoms with E-state index in [1.54, 1.807) is 5.57 Å². The highest BCUT2D eigenvalue weighted by Gasteiger charge is 2.50. The van der Waals surface area contributed by atoms with Crippen molar-refractivity contribution in [2.45, 2.75) is 47.0 Å². The lowest BCUT2D eigenvalue weighted by Crippen LogP contribution is -2.28. The minimum atomic E-state index is 0.497. The zero-order valence-corrected chi connectivity index (χ0v) is 11.1. The van der Waals surface area contributed by atoms with Gasteiger partial charge in [0.15, 0.2) is 0 Å². The maximum Gasteiger partial charge on any atom is -0.0127 e. The van der Waals surface area contributed by atoms with Crippen molar-refractivity contribution in [3.8, 4) is 0 Å². The Bertz CT molecular complexity index is 364.